The Labute approximate surface area is 384 Å². The Morgan fingerprint density at radius 2 is 0.682 bits per heavy atom. The van der Waals surface area contributed by atoms with Crippen molar-refractivity contribution in [1.82, 2.24) is 0 Å². The van der Waals surface area contributed by atoms with Crippen molar-refractivity contribution in [2.24, 2.45) is 0 Å². The van der Waals surface area contributed by atoms with E-state index in [9.17, 15) is 0 Å². The summed E-state index contributed by atoms with van der Waals surface area (Å²) in [5.74, 6) is 0. The average molecular weight is 842 g/mol. The first-order valence-electron chi connectivity index (χ1n) is 22.6. The average Bonchev–Trinajstić information content (AvgIpc) is 3.79. The number of hydrogen-bond acceptors (Lipinski definition) is 2. The van der Waals surface area contributed by atoms with E-state index in [1.165, 1.54) is 55.3 Å². The van der Waals surface area contributed by atoms with Gasteiger partial charge >= 0.3 is 0 Å². The molecule has 0 radical (unpaired) electrons. The zero-order chi connectivity index (χ0) is 43.8. The monoisotopic (exact) mass is 841 g/mol. The van der Waals surface area contributed by atoms with Gasteiger partial charge in [0.25, 0.3) is 0 Å². The molecule has 1 aromatic heterocycles. The molecule has 0 fully saturated rings. The summed E-state index contributed by atoms with van der Waals surface area (Å²) in [6, 6.07) is 93.9. The van der Waals surface area contributed by atoms with Gasteiger partial charge in [-0.25, -0.2) is 0 Å². The Kier molecular flexibility index (Phi) is 9.89. The Morgan fingerprint density at radius 3 is 1.35 bits per heavy atom. The normalized spacial score (nSPS) is 11.3. The van der Waals surface area contributed by atoms with E-state index in [-0.39, 0.29) is 0 Å². The summed E-state index contributed by atoms with van der Waals surface area (Å²) in [7, 11) is 0. The topological polar surface area (TPSA) is 16.4 Å². The maximum atomic E-state index is 6.28. The molecule has 0 saturated carbocycles. The number of hydrogen-bond donors (Lipinski definition) is 0. The molecule has 310 valence electrons. The standard InChI is InChI=1S/C64H43NO/c1-2-17-45(18-3-1)54-22-6-8-24-57(54)59-26-10-11-27-60(59)58-25-9-7-23-55(58)46-34-38-51(39-35-46)65(53-21-14-20-49(43-53)50-33-32-44-16-4-5-19-48(44)42-50)52-40-36-47(37-41-52)56-29-15-31-63-64(56)61-28-12-13-30-62(61)66-63/h1-43H. The SMILES string of the molecule is c1ccc(-c2ccccc2-c2ccccc2-c2ccccc2-c2ccc(N(c3ccc(-c4cccc5oc6ccccc6c45)cc3)c3cccc(-c4ccc5ccccc5c4)c3)cc2)cc1. The fourth-order valence-electron chi connectivity index (χ4n) is 9.75. The summed E-state index contributed by atoms with van der Waals surface area (Å²) in [5.41, 5.74) is 19.2. The van der Waals surface area contributed by atoms with Crippen molar-refractivity contribution in [2.45, 2.75) is 0 Å². The zero-order valence-corrected chi connectivity index (χ0v) is 36.2. The molecule has 2 heteroatoms. The van der Waals surface area contributed by atoms with E-state index in [1.54, 1.807) is 0 Å². The minimum atomic E-state index is 0.895. The second-order valence-corrected chi connectivity index (χ2v) is 16.8. The molecular formula is C64H43NO. The number of furan rings is 1. The Hall–Kier alpha value is -8.72. The molecule has 11 aromatic carbocycles. The number of benzene rings is 11. The zero-order valence-electron chi connectivity index (χ0n) is 36.2. The van der Waals surface area contributed by atoms with Crippen LogP contribution >= 0.6 is 0 Å². The van der Waals surface area contributed by atoms with E-state index in [2.05, 4.69) is 254 Å². The van der Waals surface area contributed by atoms with Gasteiger partial charge in [0.15, 0.2) is 0 Å². The van der Waals surface area contributed by atoms with Crippen LogP contribution in [0.15, 0.2) is 265 Å². The summed E-state index contributed by atoms with van der Waals surface area (Å²) in [5, 5.41) is 4.73. The molecular weight excluding hydrogens is 799 g/mol. The highest BCUT2D eigenvalue weighted by atomic mass is 16.3. The van der Waals surface area contributed by atoms with Crippen LogP contribution in [0, 0.1) is 0 Å². The summed E-state index contributed by atoms with van der Waals surface area (Å²) >= 11 is 0. The number of para-hydroxylation sites is 1. The van der Waals surface area contributed by atoms with E-state index in [1.807, 2.05) is 12.1 Å². The van der Waals surface area contributed by atoms with E-state index in [4.69, 9.17) is 4.42 Å². The fourth-order valence-corrected chi connectivity index (χ4v) is 9.75. The van der Waals surface area contributed by atoms with Crippen LogP contribution in [0.1, 0.15) is 0 Å². The molecule has 0 aliphatic rings. The van der Waals surface area contributed by atoms with Crippen LogP contribution in [0.2, 0.25) is 0 Å². The first-order chi connectivity index (χ1) is 32.7. The molecule has 0 aliphatic carbocycles. The number of nitrogens with zero attached hydrogens (tertiary/aromatic N) is 1. The molecule has 0 bridgehead atoms. The van der Waals surface area contributed by atoms with Crippen molar-refractivity contribution in [3.05, 3.63) is 261 Å². The number of anilines is 3. The second kappa shape index (κ2) is 16.8. The lowest BCUT2D eigenvalue weighted by atomic mass is 9.87. The van der Waals surface area contributed by atoms with Crippen molar-refractivity contribution in [3.63, 3.8) is 0 Å². The van der Waals surface area contributed by atoms with Gasteiger partial charge in [-0.05, 0) is 132 Å². The second-order valence-electron chi connectivity index (χ2n) is 16.8. The molecule has 1 heterocycles. The van der Waals surface area contributed by atoms with E-state index >= 15 is 0 Å². The van der Waals surface area contributed by atoms with Crippen molar-refractivity contribution in [3.8, 4) is 66.8 Å². The third-order valence-corrected chi connectivity index (χ3v) is 12.9. The van der Waals surface area contributed by atoms with Gasteiger partial charge in [-0.1, -0.05) is 206 Å². The van der Waals surface area contributed by atoms with Crippen LogP contribution < -0.4 is 4.90 Å². The van der Waals surface area contributed by atoms with E-state index in [0.717, 1.165) is 61.3 Å². The number of rotatable bonds is 9. The van der Waals surface area contributed by atoms with Crippen LogP contribution in [-0.4, -0.2) is 0 Å². The minimum absolute atomic E-state index is 0.895. The Bertz CT molecular complexity index is 3700. The maximum Gasteiger partial charge on any atom is 0.136 e. The van der Waals surface area contributed by atoms with Gasteiger partial charge in [-0.2, -0.15) is 0 Å². The van der Waals surface area contributed by atoms with E-state index in [0.29, 0.717) is 0 Å². The quantitative estimate of drug-likeness (QED) is 0.144. The van der Waals surface area contributed by atoms with Crippen LogP contribution in [0.3, 0.4) is 0 Å². The van der Waals surface area contributed by atoms with Gasteiger partial charge in [0.05, 0.1) is 0 Å². The molecule has 12 aromatic rings. The predicted octanol–water partition coefficient (Wildman–Crippen LogP) is 18.2. The highest BCUT2D eigenvalue weighted by Crippen LogP contribution is 2.44. The summed E-state index contributed by atoms with van der Waals surface area (Å²) in [6.07, 6.45) is 0. The molecule has 12 rings (SSSR count). The molecule has 2 nitrogen and oxygen atoms in total. The fraction of sp³-hybridized carbons (Fsp3) is 0. The molecule has 66 heavy (non-hydrogen) atoms. The lowest BCUT2D eigenvalue weighted by Crippen LogP contribution is -2.10. The van der Waals surface area contributed by atoms with Crippen LogP contribution in [0.5, 0.6) is 0 Å². The molecule has 0 atom stereocenters. The predicted molar refractivity (Wildman–Crippen MR) is 279 cm³/mol. The largest absolute Gasteiger partial charge is 0.456 e. The van der Waals surface area contributed by atoms with Gasteiger partial charge in [0.2, 0.25) is 0 Å². The molecule has 0 aliphatic heterocycles. The minimum Gasteiger partial charge on any atom is -0.456 e. The molecule has 0 amide bonds. The van der Waals surface area contributed by atoms with Crippen LogP contribution in [-0.2, 0) is 0 Å². The molecule has 0 N–H and O–H groups in total. The van der Waals surface area contributed by atoms with Crippen molar-refractivity contribution < 1.29 is 4.42 Å². The van der Waals surface area contributed by atoms with Gasteiger partial charge in [0, 0.05) is 27.8 Å². The highest BCUT2D eigenvalue weighted by molar-refractivity contribution is 6.12. The molecule has 0 spiro atoms. The number of fused-ring (bicyclic) bond motifs is 4. The first kappa shape index (κ1) is 38.9. The van der Waals surface area contributed by atoms with Crippen LogP contribution in [0.4, 0.5) is 17.1 Å². The van der Waals surface area contributed by atoms with Gasteiger partial charge in [-0.3, -0.25) is 0 Å². The van der Waals surface area contributed by atoms with Crippen molar-refractivity contribution in [1.29, 1.82) is 0 Å². The highest BCUT2D eigenvalue weighted by Gasteiger charge is 2.19. The maximum absolute atomic E-state index is 6.28. The lowest BCUT2D eigenvalue weighted by molar-refractivity contribution is 0.669. The van der Waals surface area contributed by atoms with Crippen LogP contribution in [0.25, 0.3) is 99.5 Å². The molecule has 0 unspecified atom stereocenters. The van der Waals surface area contributed by atoms with E-state index < -0.39 is 0 Å². The van der Waals surface area contributed by atoms with Gasteiger partial charge < -0.3 is 9.32 Å². The first-order valence-corrected chi connectivity index (χ1v) is 22.6. The third-order valence-electron chi connectivity index (χ3n) is 12.9. The van der Waals surface area contributed by atoms with Gasteiger partial charge in [-0.15, -0.1) is 0 Å². The summed E-state index contributed by atoms with van der Waals surface area (Å²) in [4.78, 5) is 2.37. The van der Waals surface area contributed by atoms with Gasteiger partial charge in [0.1, 0.15) is 11.2 Å². The van der Waals surface area contributed by atoms with Crippen molar-refractivity contribution in [2.75, 3.05) is 4.90 Å². The third kappa shape index (κ3) is 7.12. The lowest BCUT2D eigenvalue weighted by Gasteiger charge is -2.26. The summed E-state index contributed by atoms with van der Waals surface area (Å²) in [6.45, 7) is 0. The molecule has 0 saturated heterocycles. The van der Waals surface area contributed by atoms with Crippen molar-refractivity contribution >= 4 is 49.8 Å². The Morgan fingerprint density at radius 1 is 0.242 bits per heavy atom. The Balaban J connectivity index is 0.952. The summed E-state index contributed by atoms with van der Waals surface area (Å²) < 4.78 is 6.28. The smallest absolute Gasteiger partial charge is 0.136 e.